The second kappa shape index (κ2) is 6.89. The van der Waals surface area contributed by atoms with Gasteiger partial charge in [0, 0.05) is 31.5 Å². The van der Waals surface area contributed by atoms with Gasteiger partial charge in [-0.05, 0) is 37.7 Å². The highest BCUT2D eigenvalue weighted by Gasteiger charge is 2.25. The van der Waals surface area contributed by atoms with E-state index < -0.39 is 0 Å². The minimum Gasteiger partial charge on any atom is -0.396 e. The van der Waals surface area contributed by atoms with Crippen LogP contribution in [0.2, 0.25) is 5.15 Å². The van der Waals surface area contributed by atoms with Crippen LogP contribution in [-0.4, -0.2) is 33.9 Å². The van der Waals surface area contributed by atoms with Gasteiger partial charge in [-0.2, -0.15) is 0 Å². The molecule has 3 rings (SSSR count). The average molecular weight is 339 g/mol. The zero-order valence-electron chi connectivity index (χ0n) is 12.4. The molecule has 2 aromatic rings. The standard InChI is InChI=1S/C15H19ClN4OS/c1-17-12-6-13(16)18-7-11(12)15-20-19-14(22-15)10-4-2-9(8-21)3-5-10/h6-7,9-10,21H,2-5,8H2,1H3,(H,17,18). The Kier molecular flexibility index (Phi) is 4.90. The van der Waals surface area contributed by atoms with Crippen molar-refractivity contribution in [3.8, 4) is 10.6 Å². The fourth-order valence-corrected chi connectivity index (χ4v) is 4.10. The Labute approximate surface area is 138 Å². The first kappa shape index (κ1) is 15.6. The van der Waals surface area contributed by atoms with Crippen molar-refractivity contribution < 1.29 is 5.11 Å². The Bertz CT molecular complexity index is 640. The maximum absolute atomic E-state index is 9.23. The summed E-state index contributed by atoms with van der Waals surface area (Å²) in [6.45, 7) is 0.302. The molecule has 0 unspecified atom stereocenters. The molecular formula is C15H19ClN4OS. The molecule has 118 valence electrons. The molecule has 1 saturated carbocycles. The Morgan fingerprint density at radius 2 is 2.09 bits per heavy atom. The molecule has 0 aromatic carbocycles. The van der Waals surface area contributed by atoms with Crippen LogP contribution in [0.4, 0.5) is 5.69 Å². The average Bonchev–Trinajstić information content (AvgIpc) is 3.04. The second-order valence-corrected chi connectivity index (χ2v) is 7.04. The molecule has 1 aliphatic carbocycles. The highest BCUT2D eigenvalue weighted by Crippen LogP contribution is 2.39. The van der Waals surface area contributed by atoms with Crippen molar-refractivity contribution in [2.45, 2.75) is 31.6 Å². The third-order valence-corrected chi connectivity index (χ3v) is 5.59. The predicted octanol–water partition coefficient (Wildman–Crippen LogP) is 3.56. The number of nitrogens with one attached hydrogen (secondary N) is 1. The summed E-state index contributed by atoms with van der Waals surface area (Å²) in [5.41, 5.74) is 1.84. The van der Waals surface area contributed by atoms with Crippen LogP contribution in [0.15, 0.2) is 12.3 Å². The summed E-state index contributed by atoms with van der Waals surface area (Å²) in [5.74, 6) is 0.923. The smallest absolute Gasteiger partial charge is 0.151 e. The normalized spacial score (nSPS) is 21.8. The lowest BCUT2D eigenvalue weighted by Crippen LogP contribution is -2.15. The van der Waals surface area contributed by atoms with Gasteiger partial charge in [-0.1, -0.05) is 22.9 Å². The topological polar surface area (TPSA) is 70.9 Å². The Morgan fingerprint density at radius 3 is 2.77 bits per heavy atom. The first-order chi connectivity index (χ1) is 10.7. The molecule has 5 nitrogen and oxygen atoms in total. The quantitative estimate of drug-likeness (QED) is 0.834. The number of pyridine rings is 1. The second-order valence-electron chi connectivity index (χ2n) is 5.65. The molecular weight excluding hydrogens is 320 g/mol. The summed E-state index contributed by atoms with van der Waals surface area (Å²) >= 11 is 7.56. The van der Waals surface area contributed by atoms with Crippen molar-refractivity contribution >= 4 is 28.6 Å². The van der Waals surface area contributed by atoms with Gasteiger partial charge in [0.25, 0.3) is 0 Å². The summed E-state index contributed by atoms with van der Waals surface area (Å²) < 4.78 is 0. The van der Waals surface area contributed by atoms with E-state index in [1.807, 2.05) is 7.05 Å². The highest BCUT2D eigenvalue weighted by atomic mass is 35.5. The van der Waals surface area contributed by atoms with E-state index >= 15 is 0 Å². The molecule has 1 aliphatic rings. The van der Waals surface area contributed by atoms with Crippen LogP contribution in [0, 0.1) is 5.92 Å². The van der Waals surface area contributed by atoms with Crippen molar-refractivity contribution in [3.63, 3.8) is 0 Å². The number of aliphatic hydroxyl groups excluding tert-OH is 1. The van der Waals surface area contributed by atoms with Gasteiger partial charge >= 0.3 is 0 Å². The summed E-state index contributed by atoms with van der Waals surface area (Å²) in [5, 5.41) is 23.5. The van der Waals surface area contributed by atoms with Crippen LogP contribution in [0.5, 0.6) is 0 Å². The van der Waals surface area contributed by atoms with E-state index in [4.69, 9.17) is 11.6 Å². The van der Waals surface area contributed by atoms with Crippen molar-refractivity contribution in [2.75, 3.05) is 19.0 Å². The van der Waals surface area contributed by atoms with E-state index in [1.165, 1.54) is 0 Å². The zero-order chi connectivity index (χ0) is 15.5. The molecule has 0 spiro atoms. The maximum atomic E-state index is 9.23. The van der Waals surface area contributed by atoms with Crippen LogP contribution in [0.25, 0.3) is 10.6 Å². The number of hydrogen-bond acceptors (Lipinski definition) is 6. The van der Waals surface area contributed by atoms with Gasteiger partial charge in [0.15, 0.2) is 5.01 Å². The Balaban J connectivity index is 1.80. The van der Waals surface area contributed by atoms with Gasteiger partial charge in [-0.3, -0.25) is 0 Å². The number of aromatic nitrogens is 3. The largest absolute Gasteiger partial charge is 0.396 e. The monoisotopic (exact) mass is 338 g/mol. The van der Waals surface area contributed by atoms with Gasteiger partial charge in [-0.25, -0.2) is 4.98 Å². The number of halogens is 1. The van der Waals surface area contributed by atoms with Crippen molar-refractivity contribution in [2.24, 2.45) is 5.92 Å². The first-order valence-electron chi connectivity index (χ1n) is 7.49. The van der Waals surface area contributed by atoms with E-state index in [1.54, 1.807) is 23.6 Å². The molecule has 0 amide bonds. The molecule has 0 radical (unpaired) electrons. The zero-order valence-corrected chi connectivity index (χ0v) is 14.0. The van der Waals surface area contributed by atoms with Gasteiger partial charge < -0.3 is 10.4 Å². The highest BCUT2D eigenvalue weighted by molar-refractivity contribution is 7.14. The van der Waals surface area contributed by atoms with E-state index in [2.05, 4.69) is 20.5 Å². The number of hydrogen-bond donors (Lipinski definition) is 2. The predicted molar refractivity (Wildman–Crippen MR) is 89.5 cm³/mol. The molecule has 0 atom stereocenters. The number of anilines is 1. The van der Waals surface area contributed by atoms with Crippen LogP contribution in [0.1, 0.15) is 36.6 Å². The molecule has 2 N–H and O–H groups in total. The summed E-state index contributed by atoms with van der Waals surface area (Å²) in [6, 6.07) is 1.80. The number of aliphatic hydroxyl groups is 1. The number of nitrogens with zero attached hydrogens (tertiary/aromatic N) is 3. The third-order valence-electron chi connectivity index (χ3n) is 4.27. The Morgan fingerprint density at radius 1 is 1.32 bits per heavy atom. The minimum absolute atomic E-state index is 0.302. The number of rotatable bonds is 4. The van der Waals surface area contributed by atoms with Gasteiger partial charge in [0.1, 0.15) is 10.2 Å². The fourth-order valence-electron chi connectivity index (χ4n) is 2.91. The molecule has 0 aliphatic heterocycles. The van der Waals surface area contributed by atoms with Crippen molar-refractivity contribution in [1.82, 2.24) is 15.2 Å². The molecule has 22 heavy (non-hydrogen) atoms. The Hall–Kier alpha value is -1.24. The molecule has 7 heteroatoms. The van der Waals surface area contributed by atoms with E-state index in [-0.39, 0.29) is 0 Å². The summed E-state index contributed by atoms with van der Waals surface area (Å²) in [6.07, 6.45) is 6.04. The van der Waals surface area contributed by atoms with Gasteiger partial charge in [0.2, 0.25) is 0 Å². The van der Waals surface area contributed by atoms with E-state index in [9.17, 15) is 5.11 Å². The van der Waals surface area contributed by atoms with Gasteiger partial charge in [-0.15, -0.1) is 10.2 Å². The van der Waals surface area contributed by atoms with E-state index in [0.29, 0.717) is 23.6 Å². The molecule has 0 bridgehead atoms. The maximum Gasteiger partial charge on any atom is 0.151 e. The lowest BCUT2D eigenvalue weighted by molar-refractivity contribution is 0.182. The molecule has 2 aromatic heterocycles. The summed E-state index contributed by atoms with van der Waals surface area (Å²) in [7, 11) is 1.85. The lowest BCUT2D eigenvalue weighted by Gasteiger charge is -2.25. The van der Waals surface area contributed by atoms with Crippen molar-refractivity contribution in [3.05, 3.63) is 22.4 Å². The van der Waals surface area contributed by atoms with Crippen LogP contribution in [0.3, 0.4) is 0 Å². The summed E-state index contributed by atoms with van der Waals surface area (Å²) in [4.78, 5) is 4.14. The molecule has 0 saturated heterocycles. The fraction of sp³-hybridized carbons (Fsp3) is 0.533. The van der Waals surface area contributed by atoms with Gasteiger partial charge in [0.05, 0.1) is 5.56 Å². The van der Waals surface area contributed by atoms with Crippen LogP contribution < -0.4 is 5.32 Å². The van der Waals surface area contributed by atoms with Crippen LogP contribution in [-0.2, 0) is 0 Å². The van der Waals surface area contributed by atoms with Crippen LogP contribution >= 0.6 is 22.9 Å². The first-order valence-corrected chi connectivity index (χ1v) is 8.68. The van der Waals surface area contributed by atoms with E-state index in [0.717, 1.165) is 46.9 Å². The lowest BCUT2D eigenvalue weighted by atomic mass is 9.83. The van der Waals surface area contributed by atoms with Crippen molar-refractivity contribution in [1.29, 1.82) is 0 Å². The molecule has 1 fully saturated rings. The minimum atomic E-state index is 0.302. The SMILES string of the molecule is CNc1cc(Cl)ncc1-c1nnc(C2CCC(CO)CC2)s1. The third kappa shape index (κ3) is 3.24. The molecule has 2 heterocycles.